The van der Waals surface area contributed by atoms with Crippen LogP contribution in [-0.4, -0.2) is 28.7 Å². The third-order valence-corrected chi connectivity index (χ3v) is 13.2. The molecule has 76 heavy (non-hydrogen) atoms. The molecule has 3 radical (unpaired) electrons. The van der Waals surface area contributed by atoms with Crippen LogP contribution in [0.5, 0.6) is 0 Å². The number of imidazole rings is 3. The number of benzene rings is 7. The Morgan fingerprint density at radius 3 is 1.00 bits per heavy atom. The third kappa shape index (κ3) is 14.0. The van der Waals surface area contributed by atoms with Gasteiger partial charge in [0.25, 0.3) is 0 Å². The molecular weight excluding hydrogens is 1470 g/mol. The van der Waals surface area contributed by atoms with E-state index in [1.807, 2.05) is 85.5 Å². The summed E-state index contributed by atoms with van der Waals surface area (Å²) < 4.78 is 6.62. The quantitative estimate of drug-likeness (QED) is 0.121. The second-order valence-corrected chi connectivity index (χ2v) is 20.2. The Hall–Kier alpha value is -5.88. The molecule has 0 saturated heterocycles. The zero-order valence-electron chi connectivity index (χ0n) is 45.7. The molecule has 0 aliphatic heterocycles. The molecular formula is C67H69Ir3N6-3. The van der Waals surface area contributed by atoms with Crippen molar-refractivity contribution >= 4 is 0 Å². The summed E-state index contributed by atoms with van der Waals surface area (Å²) >= 11 is 0. The Morgan fingerprint density at radius 2 is 0.671 bits per heavy atom. The van der Waals surface area contributed by atoms with Crippen LogP contribution in [0.4, 0.5) is 0 Å². The predicted molar refractivity (Wildman–Crippen MR) is 304 cm³/mol. The van der Waals surface area contributed by atoms with Crippen molar-refractivity contribution in [2.24, 2.45) is 0 Å². The minimum Gasteiger partial charge on any atom is -0.340 e. The van der Waals surface area contributed by atoms with E-state index in [-0.39, 0.29) is 60.3 Å². The van der Waals surface area contributed by atoms with E-state index >= 15 is 0 Å². The van der Waals surface area contributed by atoms with Crippen LogP contribution in [0, 0.1) is 45.9 Å². The zero-order chi connectivity index (χ0) is 51.8. The fraction of sp³-hybridized carbons (Fsp3) is 0.239. The van der Waals surface area contributed by atoms with Gasteiger partial charge in [0, 0.05) is 115 Å². The predicted octanol–water partition coefficient (Wildman–Crippen LogP) is 17.4. The summed E-state index contributed by atoms with van der Waals surface area (Å²) in [7, 11) is 0. The smallest absolute Gasteiger partial charge is 0.0602 e. The van der Waals surface area contributed by atoms with Crippen molar-refractivity contribution in [1.82, 2.24) is 28.7 Å². The Labute approximate surface area is 493 Å². The van der Waals surface area contributed by atoms with Crippen molar-refractivity contribution in [1.29, 1.82) is 0 Å². The summed E-state index contributed by atoms with van der Waals surface area (Å²) in [4.78, 5) is 13.8. The molecule has 3 aromatic heterocycles. The standard InChI is InChI=1S/C27H27N2.C22H25N2.C18H17N2.3Ir/c1-19(2)24-17-23(21-11-7-5-8-12-21)18-25(20(3)4)26(24)29-16-15-28-27(29)22-13-9-6-10-14-22;1-15(2)19-13-17(5)14-20(16(3)4)21(19)24-12-11-23-22(24)18-9-7-6-8-10-18;1-13-11-14(2)17(15(3)12-13)20-10-9-19-18(20)16-7-5-4-6-8-16;;;/h5-13,15-20H,1-4H3;6-9,11-16H,1-5H3;4-7,9-12H,1-3H3;;;/q3*-1;;;. The van der Waals surface area contributed by atoms with Gasteiger partial charge in [-0.1, -0.05) is 121 Å². The first-order valence-electron chi connectivity index (χ1n) is 25.7. The van der Waals surface area contributed by atoms with E-state index in [0.29, 0.717) is 23.7 Å². The molecule has 0 aliphatic carbocycles. The molecule has 0 bridgehead atoms. The van der Waals surface area contributed by atoms with Gasteiger partial charge in [-0.25, -0.2) is 0 Å². The topological polar surface area (TPSA) is 53.5 Å². The Balaban J connectivity index is 0.000000210. The van der Waals surface area contributed by atoms with Crippen molar-refractivity contribution in [3.63, 3.8) is 0 Å². The van der Waals surface area contributed by atoms with Gasteiger partial charge in [-0.15, -0.1) is 108 Å². The molecule has 0 N–H and O–H groups in total. The molecule has 3 heterocycles. The first-order valence-corrected chi connectivity index (χ1v) is 25.7. The number of nitrogens with zero attached hydrogens (tertiary/aromatic N) is 6. The van der Waals surface area contributed by atoms with Crippen molar-refractivity contribution in [3.05, 3.63) is 239 Å². The number of rotatable bonds is 11. The molecule has 9 heteroatoms. The van der Waals surface area contributed by atoms with Crippen LogP contribution in [0.25, 0.3) is 62.4 Å². The fourth-order valence-corrected chi connectivity index (χ4v) is 9.83. The average Bonchev–Trinajstić information content (AvgIpc) is 4.20. The molecule has 397 valence electrons. The van der Waals surface area contributed by atoms with Gasteiger partial charge in [-0.2, -0.15) is 0 Å². The maximum atomic E-state index is 4.68. The van der Waals surface area contributed by atoms with Crippen LogP contribution < -0.4 is 0 Å². The maximum Gasteiger partial charge on any atom is 0.0602 e. The first-order chi connectivity index (χ1) is 35.2. The van der Waals surface area contributed by atoms with E-state index < -0.39 is 0 Å². The molecule has 0 fully saturated rings. The van der Waals surface area contributed by atoms with Crippen LogP contribution in [0.1, 0.15) is 124 Å². The van der Waals surface area contributed by atoms with E-state index in [4.69, 9.17) is 0 Å². The summed E-state index contributed by atoms with van der Waals surface area (Å²) in [5.74, 6) is 4.49. The number of hydrogen-bond donors (Lipinski definition) is 0. The monoisotopic (exact) mass is 1540 g/mol. The van der Waals surface area contributed by atoms with Gasteiger partial charge in [0.15, 0.2) is 0 Å². The molecule has 10 rings (SSSR count). The molecule has 0 amide bonds. The van der Waals surface area contributed by atoms with Gasteiger partial charge < -0.3 is 13.7 Å². The van der Waals surface area contributed by atoms with E-state index in [9.17, 15) is 0 Å². The fourth-order valence-electron chi connectivity index (χ4n) is 9.83. The van der Waals surface area contributed by atoms with Crippen LogP contribution in [0.3, 0.4) is 0 Å². The normalized spacial score (nSPS) is 10.8. The molecule has 0 aliphatic rings. The second kappa shape index (κ2) is 28.0. The third-order valence-electron chi connectivity index (χ3n) is 13.2. The second-order valence-electron chi connectivity index (χ2n) is 20.2. The van der Waals surface area contributed by atoms with Crippen LogP contribution in [0.2, 0.25) is 0 Å². The molecule has 10 aromatic rings. The number of aromatic nitrogens is 6. The molecule has 6 nitrogen and oxygen atoms in total. The Kier molecular flexibility index (Phi) is 22.4. The number of hydrogen-bond acceptors (Lipinski definition) is 3. The molecule has 7 aromatic carbocycles. The van der Waals surface area contributed by atoms with Gasteiger partial charge in [-0.3, -0.25) is 15.0 Å². The van der Waals surface area contributed by atoms with Crippen LogP contribution in [-0.2, 0) is 60.3 Å². The Morgan fingerprint density at radius 1 is 0.355 bits per heavy atom. The molecule has 0 saturated carbocycles. The summed E-state index contributed by atoms with van der Waals surface area (Å²) in [6.45, 7) is 26.7. The van der Waals surface area contributed by atoms with E-state index in [0.717, 1.165) is 34.2 Å². The van der Waals surface area contributed by atoms with Crippen molar-refractivity contribution in [2.75, 3.05) is 0 Å². The SMILES string of the molecule is CC(C)c1cc(-c2ccccc2)cc(C(C)C)c1-n1ccnc1-c1[c-]cccc1.Cc1cc(C(C)C)c(-n2ccnc2-c2[c-]cccc2)c(C(C)C)c1.Cc1cc(C)c(-n2ccnc2-c2[c-]cccc2)c(C)c1.[Ir].[Ir].[Ir]. The largest absolute Gasteiger partial charge is 0.340 e. The van der Waals surface area contributed by atoms with Gasteiger partial charge in [0.05, 0.1) is 17.5 Å². The molecule has 0 atom stereocenters. The number of aryl methyl sites for hydroxylation is 4. The van der Waals surface area contributed by atoms with Gasteiger partial charge in [0.2, 0.25) is 0 Å². The van der Waals surface area contributed by atoms with Crippen molar-refractivity contribution in [3.8, 4) is 62.4 Å². The molecule has 0 unspecified atom stereocenters. The molecule has 0 spiro atoms. The minimum absolute atomic E-state index is 0. The van der Waals surface area contributed by atoms with E-state index in [1.165, 1.54) is 72.7 Å². The van der Waals surface area contributed by atoms with E-state index in [1.54, 1.807) is 0 Å². The van der Waals surface area contributed by atoms with Crippen molar-refractivity contribution in [2.45, 2.75) is 107 Å². The summed E-state index contributed by atoms with van der Waals surface area (Å²) in [6.07, 6.45) is 11.8. The summed E-state index contributed by atoms with van der Waals surface area (Å²) in [5.41, 5.74) is 19.8. The van der Waals surface area contributed by atoms with Crippen LogP contribution >= 0.6 is 0 Å². The Bertz CT molecular complexity index is 3310. The van der Waals surface area contributed by atoms with E-state index in [2.05, 4.69) is 221 Å². The summed E-state index contributed by atoms with van der Waals surface area (Å²) in [5, 5.41) is 0. The van der Waals surface area contributed by atoms with Gasteiger partial charge >= 0.3 is 0 Å². The maximum absolute atomic E-state index is 4.68. The van der Waals surface area contributed by atoms with Gasteiger partial charge in [-0.05, 0) is 108 Å². The van der Waals surface area contributed by atoms with Crippen LogP contribution in [0.15, 0.2) is 177 Å². The summed E-state index contributed by atoms with van der Waals surface area (Å²) in [6, 6.07) is 58.3. The van der Waals surface area contributed by atoms with Gasteiger partial charge in [0.1, 0.15) is 0 Å². The minimum atomic E-state index is 0. The van der Waals surface area contributed by atoms with Crippen molar-refractivity contribution < 1.29 is 60.3 Å². The first kappa shape index (κ1) is 61.0. The zero-order valence-corrected chi connectivity index (χ0v) is 52.9. The average molecular weight is 1530 g/mol.